The number of rotatable bonds is 5. The summed E-state index contributed by atoms with van der Waals surface area (Å²) in [5, 5.41) is 2.81. The van der Waals surface area contributed by atoms with Gasteiger partial charge in [0.2, 0.25) is 0 Å². The SMILES string of the molecule is O=C(NC1CC1)c1cccc(S(=O)(=O)Nc2ccc(F)cc2)c1. The van der Waals surface area contributed by atoms with Crippen LogP contribution in [0.2, 0.25) is 0 Å². The molecule has 2 aromatic rings. The van der Waals surface area contributed by atoms with Gasteiger partial charge in [-0.1, -0.05) is 6.07 Å². The standard InChI is InChI=1S/C16H15FN2O3S/c17-12-4-6-14(7-5-12)19-23(21,22)15-3-1-2-11(10-15)16(20)18-13-8-9-13/h1-7,10,13,19H,8-9H2,(H,18,20). The lowest BCUT2D eigenvalue weighted by molar-refractivity contribution is 0.0951. The van der Waals surface area contributed by atoms with Crippen molar-refractivity contribution in [3.05, 3.63) is 59.9 Å². The maximum atomic E-state index is 12.9. The van der Waals surface area contributed by atoms with Crippen molar-refractivity contribution in [2.24, 2.45) is 0 Å². The highest BCUT2D eigenvalue weighted by molar-refractivity contribution is 7.92. The van der Waals surface area contributed by atoms with Crippen molar-refractivity contribution >= 4 is 21.6 Å². The third-order valence-corrected chi connectivity index (χ3v) is 4.79. The van der Waals surface area contributed by atoms with Gasteiger partial charge in [-0.05, 0) is 55.3 Å². The Bertz CT molecular complexity index is 831. The van der Waals surface area contributed by atoms with Crippen LogP contribution in [0.1, 0.15) is 23.2 Å². The fourth-order valence-electron chi connectivity index (χ4n) is 2.03. The number of hydrogen-bond donors (Lipinski definition) is 2. The van der Waals surface area contributed by atoms with Crippen LogP contribution < -0.4 is 10.0 Å². The molecule has 23 heavy (non-hydrogen) atoms. The molecule has 1 fully saturated rings. The second kappa shape index (κ2) is 6.00. The second-order valence-electron chi connectivity index (χ2n) is 5.39. The highest BCUT2D eigenvalue weighted by atomic mass is 32.2. The number of hydrogen-bond acceptors (Lipinski definition) is 3. The van der Waals surface area contributed by atoms with Gasteiger partial charge in [0.25, 0.3) is 15.9 Å². The van der Waals surface area contributed by atoms with Crippen molar-refractivity contribution in [2.75, 3.05) is 4.72 Å². The average molecular weight is 334 g/mol. The minimum atomic E-state index is -3.85. The van der Waals surface area contributed by atoms with Gasteiger partial charge in [-0.2, -0.15) is 0 Å². The normalized spacial score (nSPS) is 14.3. The lowest BCUT2D eigenvalue weighted by Gasteiger charge is -2.09. The molecule has 1 aliphatic carbocycles. The molecule has 0 aromatic heterocycles. The summed E-state index contributed by atoms with van der Waals surface area (Å²) in [6.07, 6.45) is 1.91. The van der Waals surface area contributed by atoms with Crippen LogP contribution in [0, 0.1) is 5.82 Å². The highest BCUT2D eigenvalue weighted by Gasteiger charge is 2.24. The molecule has 2 aromatic carbocycles. The number of nitrogens with one attached hydrogen (secondary N) is 2. The maximum Gasteiger partial charge on any atom is 0.261 e. The lowest BCUT2D eigenvalue weighted by Crippen LogP contribution is -2.25. The minimum Gasteiger partial charge on any atom is -0.349 e. The van der Waals surface area contributed by atoms with Crippen molar-refractivity contribution in [1.29, 1.82) is 0 Å². The summed E-state index contributed by atoms with van der Waals surface area (Å²) in [6.45, 7) is 0. The van der Waals surface area contributed by atoms with Crippen LogP contribution in [0.3, 0.4) is 0 Å². The van der Waals surface area contributed by atoms with Crippen LogP contribution >= 0.6 is 0 Å². The Morgan fingerprint density at radius 1 is 1.09 bits per heavy atom. The Balaban J connectivity index is 1.81. The predicted molar refractivity (Wildman–Crippen MR) is 84.1 cm³/mol. The van der Waals surface area contributed by atoms with Crippen molar-refractivity contribution in [2.45, 2.75) is 23.8 Å². The molecule has 0 unspecified atom stereocenters. The summed E-state index contributed by atoms with van der Waals surface area (Å²) >= 11 is 0. The summed E-state index contributed by atoms with van der Waals surface area (Å²) in [5.41, 5.74) is 0.540. The van der Waals surface area contributed by atoms with Crippen LogP contribution in [-0.4, -0.2) is 20.4 Å². The molecule has 0 saturated heterocycles. The average Bonchev–Trinajstić information content (AvgIpc) is 3.33. The first-order valence-corrected chi connectivity index (χ1v) is 8.62. The molecule has 0 bridgehead atoms. The number of amides is 1. The van der Waals surface area contributed by atoms with Gasteiger partial charge in [-0.3, -0.25) is 9.52 Å². The molecule has 1 amide bonds. The summed E-state index contributed by atoms with van der Waals surface area (Å²) in [4.78, 5) is 12.0. The van der Waals surface area contributed by atoms with E-state index >= 15 is 0 Å². The molecular weight excluding hydrogens is 319 g/mol. The fourth-order valence-corrected chi connectivity index (χ4v) is 3.14. The highest BCUT2D eigenvalue weighted by Crippen LogP contribution is 2.21. The van der Waals surface area contributed by atoms with Crippen molar-refractivity contribution < 1.29 is 17.6 Å². The summed E-state index contributed by atoms with van der Waals surface area (Å²) < 4.78 is 39.9. The van der Waals surface area contributed by atoms with Crippen LogP contribution in [0.15, 0.2) is 53.4 Å². The molecule has 3 rings (SSSR count). The third-order valence-electron chi connectivity index (χ3n) is 3.42. The quantitative estimate of drug-likeness (QED) is 0.882. The van der Waals surface area contributed by atoms with Gasteiger partial charge in [0, 0.05) is 17.3 Å². The van der Waals surface area contributed by atoms with Crippen LogP contribution in [0.25, 0.3) is 0 Å². The van der Waals surface area contributed by atoms with Gasteiger partial charge in [0.05, 0.1) is 4.90 Å². The van der Waals surface area contributed by atoms with Crippen molar-refractivity contribution in [1.82, 2.24) is 5.32 Å². The van der Waals surface area contributed by atoms with E-state index in [-0.39, 0.29) is 22.5 Å². The Labute approximate surface area is 133 Å². The molecule has 0 heterocycles. The largest absolute Gasteiger partial charge is 0.349 e. The summed E-state index contributed by atoms with van der Waals surface area (Å²) in [5.74, 6) is -0.738. The smallest absolute Gasteiger partial charge is 0.261 e. The van der Waals surface area contributed by atoms with Crippen molar-refractivity contribution in [3.8, 4) is 0 Å². The molecule has 0 spiro atoms. The Morgan fingerprint density at radius 2 is 1.78 bits per heavy atom. The van der Waals surface area contributed by atoms with E-state index in [0.29, 0.717) is 5.56 Å². The van der Waals surface area contributed by atoms with E-state index in [0.717, 1.165) is 25.0 Å². The van der Waals surface area contributed by atoms with Gasteiger partial charge in [-0.25, -0.2) is 12.8 Å². The number of benzene rings is 2. The molecule has 1 saturated carbocycles. The zero-order valence-electron chi connectivity index (χ0n) is 12.1. The van der Waals surface area contributed by atoms with E-state index in [1.54, 1.807) is 6.07 Å². The van der Waals surface area contributed by atoms with Crippen molar-refractivity contribution in [3.63, 3.8) is 0 Å². The first-order chi connectivity index (χ1) is 10.9. The van der Waals surface area contributed by atoms with Crippen LogP contribution in [0.5, 0.6) is 0 Å². The summed E-state index contributed by atoms with van der Waals surface area (Å²) in [6, 6.07) is 11.0. The Kier molecular flexibility index (Phi) is 4.04. The van der Waals surface area contributed by atoms with Gasteiger partial charge in [-0.15, -0.1) is 0 Å². The first-order valence-electron chi connectivity index (χ1n) is 7.13. The summed E-state index contributed by atoms with van der Waals surface area (Å²) in [7, 11) is -3.85. The zero-order valence-corrected chi connectivity index (χ0v) is 12.9. The molecule has 5 nitrogen and oxygen atoms in total. The minimum absolute atomic E-state index is 0.0229. The Morgan fingerprint density at radius 3 is 2.43 bits per heavy atom. The molecule has 7 heteroatoms. The van der Waals surface area contributed by atoms with Crippen LogP contribution in [0.4, 0.5) is 10.1 Å². The fraction of sp³-hybridized carbons (Fsp3) is 0.188. The second-order valence-corrected chi connectivity index (χ2v) is 7.07. The van der Waals surface area contributed by atoms with Crippen LogP contribution in [-0.2, 0) is 10.0 Å². The molecular formula is C16H15FN2O3S. The number of sulfonamides is 1. The maximum absolute atomic E-state index is 12.9. The molecule has 0 radical (unpaired) electrons. The number of carbonyl (C=O) groups is 1. The Hall–Kier alpha value is -2.41. The number of carbonyl (C=O) groups excluding carboxylic acids is 1. The van der Waals surface area contributed by atoms with Gasteiger partial charge < -0.3 is 5.32 Å². The molecule has 0 atom stereocenters. The van der Waals surface area contributed by atoms with E-state index in [1.807, 2.05) is 0 Å². The van der Waals surface area contributed by atoms with Gasteiger partial charge in [0.15, 0.2) is 0 Å². The molecule has 2 N–H and O–H groups in total. The zero-order chi connectivity index (χ0) is 16.4. The monoisotopic (exact) mass is 334 g/mol. The molecule has 0 aliphatic heterocycles. The molecule has 1 aliphatic rings. The van der Waals surface area contributed by atoms with E-state index in [2.05, 4.69) is 10.0 Å². The van der Waals surface area contributed by atoms with E-state index in [4.69, 9.17) is 0 Å². The number of halogens is 1. The predicted octanol–water partition coefficient (Wildman–Crippen LogP) is 2.52. The third kappa shape index (κ3) is 3.87. The van der Waals surface area contributed by atoms with E-state index in [9.17, 15) is 17.6 Å². The van der Waals surface area contributed by atoms with E-state index < -0.39 is 15.8 Å². The number of anilines is 1. The van der Waals surface area contributed by atoms with E-state index in [1.165, 1.54) is 30.3 Å². The van der Waals surface area contributed by atoms with Gasteiger partial charge in [0.1, 0.15) is 5.82 Å². The lowest BCUT2D eigenvalue weighted by atomic mass is 10.2. The van der Waals surface area contributed by atoms with Gasteiger partial charge >= 0.3 is 0 Å². The molecule has 120 valence electrons. The first kappa shape index (κ1) is 15.5. The topological polar surface area (TPSA) is 75.3 Å².